The second-order valence-electron chi connectivity index (χ2n) is 9.19. The monoisotopic (exact) mass is 572 g/mol. The van der Waals surface area contributed by atoms with E-state index in [0.717, 1.165) is 23.6 Å². The van der Waals surface area contributed by atoms with Gasteiger partial charge in [-0.1, -0.05) is 63.8 Å². The fourth-order valence-electron chi connectivity index (χ4n) is 3.29. The van der Waals surface area contributed by atoms with Crippen LogP contribution in [0.5, 0.6) is 5.75 Å². The van der Waals surface area contributed by atoms with Gasteiger partial charge in [0, 0.05) is 6.61 Å². The number of nitrogens with zero attached hydrogens (tertiary/aromatic N) is 1. The van der Waals surface area contributed by atoms with Gasteiger partial charge < -0.3 is 25.1 Å². The van der Waals surface area contributed by atoms with Crippen LogP contribution in [0.2, 0.25) is 0 Å². The molecule has 228 valence electrons. The van der Waals surface area contributed by atoms with Crippen LogP contribution in [-0.2, 0) is 25.5 Å². The summed E-state index contributed by atoms with van der Waals surface area (Å²) >= 11 is 0. The third-order valence-electron chi connectivity index (χ3n) is 5.82. The van der Waals surface area contributed by atoms with Crippen molar-refractivity contribution in [3.05, 3.63) is 54.1 Å². The summed E-state index contributed by atoms with van der Waals surface area (Å²) in [6.07, 6.45) is 12.6. The molecule has 2 aliphatic rings. The first-order valence-corrected chi connectivity index (χ1v) is 14.2. The summed E-state index contributed by atoms with van der Waals surface area (Å²) in [5.74, 6) is 6.70. The molecule has 0 aliphatic heterocycles. The number of hydrazine groups is 1. The summed E-state index contributed by atoms with van der Waals surface area (Å²) in [6, 6.07) is 14.0. The van der Waals surface area contributed by atoms with Crippen LogP contribution < -0.4 is 26.8 Å². The molecule has 0 bridgehead atoms. The number of nitrogen functional groups attached to an aromatic ring is 1. The van der Waals surface area contributed by atoms with E-state index in [9.17, 15) is 4.79 Å². The molecule has 0 amide bonds. The van der Waals surface area contributed by atoms with Gasteiger partial charge in [-0.25, -0.2) is 10.7 Å². The van der Waals surface area contributed by atoms with Crippen LogP contribution in [0.1, 0.15) is 65.4 Å². The van der Waals surface area contributed by atoms with Gasteiger partial charge in [0.2, 0.25) is 6.79 Å². The van der Waals surface area contributed by atoms with Crippen LogP contribution in [0.3, 0.4) is 0 Å². The van der Waals surface area contributed by atoms with E-state index < -0.39 is 6.04 Å². The third kappa shape index (κ3) is 15.8. The highest BCUT2D eigenvalue weighted by Crippen LogP contribution is 2.34. The Labute approximate surface area is 245 Å². The quantitative estimate of drug-likeness (QED) is 0.0470. The molecule has 6 N–H and O–H groups in total. The number of nitrogens with one attached hydrogen (secondary N) is 1. The van der Waals surface area contributed by atoms with Gasteiger partial charge in [-0.3, -0.25) is 10.1 Å². The zero-order chi connectivity index (χ0) is 30.5. The Morgan fingerprint density at radius 2 is 1.76 bits per heavy atom. The summed E-state index contributed by atoms with van der Waals surface area (Å²) in [6.45, 7) is 8.63. The first-order chi connectivity index (χ1) is 19.9. The predicted octanol–water partition coefficient (Wildman–Crippen LogP) is 4.90. The summed E-state index contributed by atoms with van der Waals surface area (Å²) in [4.78, 5) is 18.1. The van der Waals surface area contributed by atoms with Crippen molar-refractivity contribution >= 4 is 17.3 Å². The molecule has 0 heterocycles. The van der Waals surface area contributed by atoms with Crippen molar-refractivity contribution in [1.29, 1.82) is 0 Å². The Balaban J connectivity index is 0.000000929. The first-order valence-electron chi connectivity index (χ1n) is 14.2. The molecule has 2 saturated carbocycles. The zero-order valence-corrected chi connectivity index (χ0v) is 24.9. The minimum Gasteiger partial charge on any atom is -0.465 e. The second-order valence-corrected chi connectivity index (χ2v) is 9.19. The van der Waals surface area contributed by atoms with Crippen molar-refractivity contribution in [2.24, 2.45) is 11.8 Å². The number of ether oxygens (including phenoxy) is 3. The lowest BCUT2D eigenvalue weighted by molar-refractivity contribution is -0.152. The molecule has 2 aliphatic carbocycles. The highest BCUT2D eigenvalue weighted by molar-refractivity contribution is 5.76. The number of hydrogen-bond acceptors (Lipinski definition) is 10. The van der Waals surface area contributed by atoms with Crippen LogP contribution in [0.25, 0.3) is 0 Å². The maximum atomic E-state index is 12.7. The average molecular weight is 573 g/mol. The molecule has 0 aromatic heterocycles. The maximum Gasteiger partial charge on any atom is 0.323 e. The fraction of sp³-hybridized carbons (Fsp3) is 0.516. The number of aliphatic hydroxyl groups is 1. The number of terminal acetylenes is 1. The molecule has 41 heavy (non-hydrogen) atoms. The standard InChI is InChI=1S/C24H34N4O5.C3H6.C2H2O.C2H6/c1-3-30-15-27-22(24(29)33-17(2)19-10-11-19)14-18-8-12-20(13-9-18)31-16-32-28(26)23-7-5-4-6-21(23)25;1-2-3-1;1-2-3;1-2/h4-9,12-13,17,19,22,27H,3,10-11,14-16,25-26H2,1-2H3;1-3H2;1,3H;1-2H3/t17?,22-;;;/m1.../s1. The molecule has 2 fully saturated rings. The van der Waals surface area contributed by atoms with E-state index in [-0.39, 0.29) is 25.6 Å². The molecule has 0 radical (unpaired) electrons. The van der Waals surface area contributed by atoms with Crippen molar-refractivity contribution in [3.63, 3.8) is 0 Å². The lowest BCUT2D eigenvalue weighted by atomic mass is 10.1. The maximum absolute atomic E-state index is 12.7. The van der Waals surface area contributed by atoms with Gasteiger partial charge in [-0.05, 0) is 68.9 Å². The lowest BCUT2D eigenvalue weighted by Crippen LogP contribution is -2.42. The molecular formula is C31H48N4O6. The van der Waals surface area contributed by atoms with Crippen LogP contribution in [-0.4, -0.2) is 43.4 Å². The number of carbonyl (C=O) groups excluding carboxylic acids is 1. The van der Waals surface area contributed by atoms with Gasteiger partial charge in [0.1, 0.15) is 29.7 Å². The van der Waals surface area contributed by atoms with Crippen molar-refractivity contribution < 1.29 is 28.9 Å². The molecule has 0 saturated heterocycles. The number of anilines is 2. The van der Waals surface area contributed by atoms with Crippen LogP contribution in [0, 0.1) is 18.4 Å². The summed E-state index contributed by atoms with van der Waals surface area (Å²) in [7, 11) is 0. The second kappa shape index (κ2) is 21.3. The van der Waals surface area contributed by atoms with E-state index in [1.165, 1.54) is 25.4 Å². The average Bonchev–Trinajstić information content (AvgIpc) is 3.87. The van der Waals surface area contributed by atoms with Crippen molar-refractivity contribution in [2.45, 2.75) is 78.4 Å². The molecule has 1 unspecified atom stereocenters. The van der Waals surface area contributed by atoms with Crippen molar-refractivity contribution in [3.8, 4) is 18.3 Å². The molecule has 10 nitrogen and oxygen atoms in total. The van der Waals surface area contributed by atoms with E-state index in [1.54, 1.807) is 12.1 Å². The van der Waals surface area contributed by atoms with E-state index >= 15 is 0 Å². The molecule has 0 spiro atoms. The van der Waals surface area contributed by atoms with Gasteiger partial charge in [0.25, 0.3) is 0 Å². The number of hydrogen-bond donors (Lipinski definition) is 4. The summed E-state index contributed by atoms with van der Waals surface area (Å²) in [5.41, 5.74) is 7.89. The van der Waals surface area contributed by atoms with E-state index in [1.807, 2.05) is 64.1 Å². The van der Waals surface area contributed by atoms with E-state index in [2.05, 4.69) is 11.7 Å². The summed E-state index contributed by atoms with van der Waals surface area (Å²) in [5, 5.41) is 11.3. The molecule has 2 aromatic carbocycles. The fourth-order valence-corrected chi connectivity index (χ4v) is 3.29. The molecule has 10 heteroatoms. The number of para-hydroxylation sites is 2. The summed E-state index contributed by atoms with van der Waals surface area (Å²) < 4.78 is 16.6. The molecular weight excluding hydrogens is 524 g/mol. The minimum absolute atomic E-state index is 0.0574. The number of nitrogens with two attached hydrogens (primary N) is 2. The topological polar surface area (TPSA) is 142 Å². The SMILES string of the molecule is C#CO.C1CC1.CC.CCOCN[C@H](Cc1ccc(OCON(N)c2ccccc2N)cc1)C(=O)OC(C)C1CC1. The Kier molecular flexibility index (Phi) is 18.4. The normalized spacial score (nSPS) is 14.1. The lowest BCUT2D eigenvalue weighted by Gasteiger charge is -2.21. The van der Waals surface area contributed by atoms with Gasteiger partial charge in [0.05, 0.1) is 12.4 Å². The highest BCUT2D eigenvalue weighted by atomic mass is 16.8. The number of esters is 1. The van der Waals surface area contributed by atoms with Crippen molar-refractivity contribution in [1.82, 2.24) is 5.32 Å². The largest absolute Gasteiger partial charge is 0.465 e. The molecule has 4 rings (SSSR count). The van der Waals surface area contributed by atoms with Gasteiger partial charge >= 0.3 is 5.97 Å². The minimum atomic E-state index is -0.491. The van der Waals surface area contributed by atoms with Gasteiger partial charge in [-0.15, -0.1) is 0 Å². The van der Waals surface area contributed by atoms with Crippen LogP contribution >= 0.6 is 0 Å². The van der Waals surface area contributed by atoms with Crippen LogP contribution in [0.4, 0.5) is 11.4 Å². The van der Waals surface area contributed by atoms with Gasteiger partial charge in [-0.2, -0.15) is 5.17 Å². The predicted molar refractivity (Wildman–Crippen MR) is 162 cm³/mol. The van der Waals surface area contributed by atoms with E-state index in [0.29, 0.717) is 36.1 Å². The first kappa shape index (κ1) is 35.5. The molecule has 2 aromatic rings. The highest BCUT2D eigenvalue weighted by Gasteiger charge is 2.32. The van der Waals surface area contributed by atoms with Crippen LogP contribution in [0.15, 0.2) is 48.5 Å². The van der Waals surface area contributed by atoms with Crippen molar-refractivity contribution in [2.75, 3.05) is 31.0 Å². The Hall–Kier alpha value is -3.49. The number of rotatable bonds is 14. The molecule has 2 atom stereocenters. The smallest absolute Gasteiger partial charge is 0.323 e. The Morgan fingerprint density at radius 1 is 1.15 bits per heavy atom. The Morgan fingerprint density at radius 3 is 2.29 bits per heavy atom. The Bertz CT molecular complexity index is 1010. The number of benzene rings is 2. The zero-order valence-electron chi connectivity index (χ0n) is 24.9. The number of aliphatic hydroxyl groups excluding tert-OH is 1. The van der Waals surface area contributed by atoms with Gasteiger partial charge in [0.15, 0.2) is 0 Å². The number of carbonyl (C=O) groups is 1. The third-order valence-corrected chi connectivity index (χ3v) is 5.82. The van der Waals surface area contributed by atoms with E-state index in [4.69, 9.17) is 35.7 Å².